The van der Waals surface area contributed by atoms with E-state index >= 15 is 0 Å². The summed E-state index contributed by atoms with van der Waals surface area (Å²) in [5, 5.41) is 7.32. The Labute approximate surface area is 185 Å². The van der Waals surface area contributed by atoms with Crippen LogP contribution in [0.3, 0.4) is 0 Å². The van der Waals surface area contributed by atoms with Gasteiger partial charge in [0.15, 0.2) is 0 Å². The first-order chi connectivity index (χ1) is 14.3. The summed E-state index contributed by atoms with van der Waals surface area (Å²) in [5.41, 5.74) is 10.8. The van der Waals surface area contributed by atoms with Gasteiger partial charge in [-0.1, -0.05) is 87.0 Å². The maximum Gasteiger partial charge on any atom is 0.0587 e. The molecule has 0 spiro atoms. The number of nitriles is 1. The predicted octanol–water partition coefficient (Wildman–Crippen LogP) is 9.05. The van der Waals surface area contributed by atoms with Crippen molar-refractivity contribution in [2.45, 2.75) is 67.7 Å². The lowest BCUT2D eigenvalue weighted by atomic mass is 9.88. The van der Waals surface area contributed by atoms with Crippen LogP contribution in [0.25, 0.3) is 11.1 Å². The van der Waals surface area contributed by atoms with Crippen molar-refractivity contribution in [2.24, 2.45) is 0 Å². The molecule has 1 unspecified atom stereocenters. The number of hydrogen-bond acceptors (Lipinski definition) is 1. The zero-order valence-corrected chi connectivity index (χ0v) is 20.3. The average Bonchev–Trinajstić information content (AvgIpc) is 3.03. The third-order valence-corrected chi connectivity index (χ3v) is 4.71. The SMILES string of the molecule is C=C(C)/C(=C1/CC(C)c2ccccc21)c1ccc(C)cc1C.C=CC.CC.CC#N. The van der Waals surface area contributed by atoms with Crippen molar-refractivity contribution in [2.75, 3.05) is 0 Å². The number of benzene rings is 2. The van der Waals surface area contributed by atoms with E-state index in [1.165, 1.54) is 45.9 Å². The number of nitrogens with zero attached hydrogens (tertiary/aromatic N) is 1. The summed E-state index contributed by atoms with van der Waals surface area (Å²) in [6.07, 6.45) is 2.86. The topological polar surface area (TPSA) is 23.8 Å². The lowest BCUT2D eigenvalue weighted by Crippen LogP contribution is -1.95. The quantitative estimate of drug-likeness (QED) is 0.460. The molecule has 0 fully saturated rings. The van der Waals surface area contributed by atoms with E-state index in [9.17, 15) is 0 Å². The van der Waals surface area contributed by atoms with Gasteiger partial charge in [0.1, 0.15) is 0 Å². The molecule has 0 amide bonds. The van der Waals surface area contributed by atoms with E-state index in [1.807, 2.05) is 20.8 Å². The van der Waals surface area contributed by atoms with E-state index in [1.54, 1.807) is 12.1 Å². The van der Waals surface area contributed by atoms with Crippen LogP contribution in [0.2, 0.25) is 0 Å². The average molecular weight is 402 g/mol. The van der Waals surface area contributed by atoms with Crippen LogP contribution in [0.1, 0.15) is 81.7 Å². The van der Waals surface area contributed by atoms with Gasteiger partial charge in [0.2, 0.25) is 0 Å². The van der Waals surface area contributed by atoms with Crippen molar-refractivity contribution in [1.82, 2.24) is 0 Å². The van der Waals surface area contributed by atoms with Crippen LogP contribution in [0, 0.1) is 25.2 Å². The van der Waals surface area contributed by atoms with Crippen LogP contribution in [0.5, 0.6) is 0 Å². The number of allylic oxidation sites excluding steroid dienone is 4. The molecule has 0 heterocycles. The van der Waals surface area contributed by atoms with E-state index in [-0.39, 0.29) is 0 Å². The van der Waals surface area contributed by atoms with Crippen molar-refractivity contribution >= 4 is 11.1 Å². The molecule has 0 saturated carbocycles. The van der Waals surface area contributed by atoms with Crippen LogP contribution in [0.4, 0.5) is 0 Å². The maximum atomic E-state index is 7.32. The molecule has 0 radical (unpaired) electrons. The molecule has 30 heavy (non-hydrogen) atoms. The zero-order chi connectivity index (χ0) is 23.3. The fourth-order valence-electron chi connectivity index (χ4n) is 3.71. The Kier molecular flexibility index (Phi) is 12.8. The van der Waals surface area contributed by atoms with Crippen LogP contribution < -0.4 is 0 Å². The number of rotatable bonds is 2. The fourth-order valence-corrected chi connectivity index (χ4v) is 3.71. The minimum atomic E-state index is 0.589. The van der Waals surface area contributed by atoms with Crippen LogP contribution in [-0.4, -0.2) is 0 Å². The highest BCUT2D eigenvalue weighted by Crippen LogP contribution is 2.46. The van der Waals surface area contributed by atoms with Crippen molar-refractivity contribution in [3.8, 4) is 6.07 Å². The smallest absolute Gasteiger partial charge is 0.0587 e. The molecule has 1 aliphatic carbocycles. The molecule has 2 aromatic carbocycles. The van der Waals surface area contributed by atoms with E-state index < -0.39 is 0 Å². The molecule has 0 N–H and O–H groups in total. The third kappa shape index (κ3) is 7.20. The summed E-state index contributed by atoms with van der Waals surface area (Å²) in [7, 11) is 0. The second-order valence-corrected chi connectivity index (χ2v) is 7.28. The highest BCUT2D eigenvalue weighted by Gasteiger charge is 2.26. The predicted molar refractivity (Wildman–Crippen MR) is 136 cm³/mol. The summed E-state index contributed by atoms with van der Waals surface area (Å²) >= 11 is 0. The lowest BCUT2D eigenvalue weighted by Gasteiger charge is -2.16. The molecule has 1 heteroatoms. The van der Waals surface area contributed by atoms with E-state index in [0.29, 0.717) is 5.92 Å². The van der Waals surface area contributed by atoms with Crippen LogP contribution in [-0.2, 0) is 0 Å². The Morgan fingerprint density at radius 3 is 2.17 bits per heavy atom. The Bertz CT molecular complexity index is 906. The first kappa shape index (κ1) is 27.2. The lowest BCUT2D eigenvalue weighted by molar-refractivity contribution is 0.828. The zero-order valence-electron chi connectivity index (χ0n) is 20.3. The second-order valence-electron chi connectivity index (χ2n) is 7.28. The highest BCUT2D eigenvalue weighted by atomic mass is 14.3. The van der Waals surface area contributed by atoms with Crippen molar-refractivity contribution < 1.29 is 0 Å². The molecule has 0 aliphatic heterocycles. The van der Waals surface area contributed by atoms with Gasteiger partial charge in [0.25, 0.3) is 0 Å². The van der Waals surface area contributed by atoms with Crippen molar-refractivity contribution in [1.29, 1.82) is 5.26 Å². The number of aryl methyl sites for hydroxylation is 2. The van der Waals surface area contributed by atoms with Gasteiger partial charge in [0, 0.05) is 6.92 Å². The van der Waals surface area contributed by atoms with Crippen LogP contribution in [0.15, 0.2) is 67.3 Å². The molecule has 3 rings (SSSR count). The molecule has 2 aromatic rings. The first-order valence-corrected chi connectivity index (χ1v) is 10.8. The minimum Gasteiger partial charge on any atom is -0.199 e. The van der Waals surface area contributed by atoms with Gasteiger partial charge in [-0.15, -0.1) is 6.58 Å². The highest BCUT2D eigenvalue weighted by molar-refractivity contribution is 6.00. The molecular weight excluding hydrogens is 362 g/mol. The summed E-state index contributed by atoms with van der Waals surface area (Å²) in [5.74, 6) is 0.589. The first-order valence-electron chi connectivity index (χ1n) is 10.8. The monoisotopic (exact) mass is 401 g/mol. The van der Waals surface area contributed by atoms with Crippen molar-refractivity contribution in [3.05, 3.63) is 95.1 Å². The molecule has 160 valence electrons. The summed E-state index contributed by atoms with van der Waals surface area (Å²) in [6.45, 7) is 23.8. The molecule has 1 atom stereocenters. The standard InChI is InChI=1S/C22H24.C3H6.C2H3N.C2H6/c1-14(2)22(19-11-10-15(3)12-16(19)4)21-13-17(5)18-8-6-7-9-20(18)21;1-3-2;1-2-3;1-2/h6-12,17H,1,13H2,2-5H3;3H,1H2,2H3;1H3;1-2H3/b22-21+;;;. The Morgan fingerprint density at radius 1 is 1.13 bits per heavy atom. The van der Waals surface area contributed by atoms with Gasteiger partial charge in [-0.2, -0.15) is 5.26 Å². The minimum absolute atomic E-state index is 0.589. The van der Waals surface area contributed by atoms with Gasteiger partial charge < -0.3 is 0 Å². The molecule has 0 aromatic heterocycles. The van der Waals surface area contributed by atoms with E-state index in [4.69, 9.17) is 5.26 Å². The van der Waals surface area contributed by atoms with Gasteiger partial charge in [-0.05, 0) is 73.4 Å². The Hall–Kier alpha value is -2.85. The number of fused-ring (bicyclic) bond motifs is 1. The molecule has 1 nitrogen and oxygen atoms in total. The maximum absolute atomic E-state index is 7.32. The summed E-state index contributed by atoms with van der Waals surface area (Å²) in [6, 6.07) is 17.3. The summed E-state index contributed by atoms with van der Waals surface area (Å²) < 4.78 is 0. The molecule has 1 aliphatic rings. The second kappa shape index (κ2) is 14.2. The summed E-state index contributed by atoms with van der Waals surface area (Å²) in [4.78, 5) is 0. The molecule has 0 saturated heterocycles. The molecular formula is C29H39N. The van der Waals surface area contributed by atoms with Gasteiger partial charge in [0.05, 0.1) is 6.07 Å². The van der Waals surface area contributed by atoms with Gasteiger partial charge >= 0.3 is 0 Å². The largest absolute Gasteiger partial charge is 0.199 e. The molecule has 0 bridgehead atoms. The number of hydrogen-bond donors (Lipinski definition) is 0. The van der Waals surface area contributed by atoms with Crippen molar-refractivity contribution in [3.63, 3.8) is 0 Å². The van der Waals surface area contributed by atoms with Gasteiger partial charge in [-0.25, -0.2) is 0 Å². The Balaban J connectivity index is 0.000000923. The van der Waals surface area contributed by atoms with E-state index in [2.05, 4.69) is 83.3 Å². The Morgan fingerprint density at radius 2 is 1.67 bits per heavy atom. The van der Waals surface area contributed by atoms with E-state index in [0.717, 1.165) is 12.0 Å². The normalized spacial score (nSPS) is 14.8. The fraction of sp³-hybridized carbons (Fsp3) is 0.345. The van der Waals surface area contributed by atoms with Crippen LogP contribution >= 0.6 is 0 Å². The third-order valence-electron chi connectivity index (χ3n) is 4.71. The van der Waals surface area contributed by atoms with Gasteiger partial charge in [-0.3, -0.25) is 0 Å².